The van der Waals surface area contributed by atoms with E-state index < -0.39 is 11.7 Å². The summed E-state index contributed by atoms with van der Waals surface area (Å²) >= 11 is 0. The van der Waals surface area contributed by atoms with E-state index in [1.165, 1.54) is 0 Å². The van der Waals surface area contributed by atoms with Gasteiger partial charge in [0.05, 0.1) is 13.2 Å². The number of hydrogen-bond acceptors (Lipinski definition) is 3. The van der Waals surface area contributed by atoms with Gasteiger partial charge in [0.1, 0.15) is 11.7 Å². The van der Waals surface area contributed by atoms with Crippen molar-refractivity contribution in [3.63, 3.8) is 0 Å². The molecule has 0 fully saturated rings. The third kappa shape index (κ3) is 4.00. The van der Waals surface area contributed by atoms with E-state index in [1.807, 2.05) is 0 Å². The zero-order valence-electron chi connectivity index (χ0n) is 9.06. The molecule has 0 heterocycles. The molecule has 3 heteroatoms. The zero-order valence-corrected chi connectivity index (χ0v) is 9.06. The van der Waals surface area contributed by atoms with Gasteiger partial charge in [-0.25, -0.2) is 0 Å². The lowest BCUT2D eigenvalue weighted by Gasteiger charge is -2.35. The smallest absolute Gasteiger partial charge is 0.107 e. The first-order valence-electron chi connectivity index (χ1n) is 4.92. The average molecular weight is 212 g/mol. The monoisotopic (exact) mass is 212 g/mol. The molecular formula is C12H20O3. The van der Waals surface area contributed by atoms with Gasteiger partial charge in [0, 0.05) is 0 Å². The Morgan fingerprint density at radius 1 is 1.13 bits per heavy atom. The number of hydrogen-bond donors (Lipinski definition) is 2. The van der Waals surface area contributed by atoms with Crippen LogP contribution >= 0.6 is 0 Å². The molecule has 0 aliphatic heterocycles. The quantitative estimate of drug-likeness (QED) is 0.568. The molecule has 86 valence electrons. The van der Waals surface area contributed by atoms with Crippen molar-refractivity contribution in [2.24, 2.45) is 0 Å². The predicted octanol–water partition coefficient (Wildman–Crippen LogP) is 1.43. The second-order valence-corrected chi connectivity index (χ2v) is 3.35. The fourth-order valence-electron chi connectivity index (χ4n) is 1.45. The van der Waals surface area contributed by atoms with E-state index in [0.717, 1.165) is 0 Å². The Morgan fingerprint density at radius 3 is 2.00 bits per heavy atom. The molecule has 0 aliphatic rings. The summed E-state index contributed by atoms with van der Waals surface area (Å²) in [5.74, 6) is 0. The van der Waals surface area contributed by atoms with Gasteiger partial charge in [0.15, 0.2) is 0 Å². The van der Waals surface area contributed by atoms with Crippen LogP contribution < -0.4 is 0 Å². The van der Waals surface area contributed by atoms with E-state index >= 15 is 0 Å². The number of aliphatic hydroxyl groups is 2. The number of rotatable bonds is 9. The van der Waals surface area contributed by atoms with Crippen LogP contribution in [0.25, 0.3) is 0 Å². The summed E-state index contributed by atoms with van der Waals surface area (Å²) in [6.07, 6.45) is 4.87. The predicted molar refractivity (Wildman–Crippen MR) is 61.6 cm³/mol. The highest BCUT2D eigenvalue weighted by atomic mass is 16.5. The van der Waals surface area contributed by atoms with Crippen molar-refractivity contribution in [2.45, 2.75) is 24.5 Å². The molecule has 0 aromatic heterocycles. The van der Waals surface area contributed by atoms with Crippen LogP contribution in [0.1, 0.15) is 12.8 Å². The third-order valence-corrected chi connectivity index (χ3v) is 2.25. The van der Waals surface area contributed by atoms with Crippen molar-refractivity contribution in [1.82, 2.24) is 0 Å². The van der Waals surface area contributed by atoms with Gasteiger partial charge in [-0.1, -0.05) is 18.2 Å². The van der Waals surface area contributed by atoms with Gasteiger partial charge >= 0.3 is 0 Å². The van der Waals surface area contributed by atoms with Crippen LogP contribution in [0.5, 0.6) is 0 Å². The summed E-state index contributed by atoms with van der Waals surface area (Å²) in [6.45, 7) is 10.8. The third-order valence-electron chi connectivity index (χ3n) is 2.25. The molecule has 2 N–H and O–H groups in total. The molecule has 15 heavy (non-hydrogen) atoms. The number of aliphatic hydroxyl groups excluding tert-OH is 2. The lowest BCUT2D eigenvalue weighted by atomic mass is 9.89. The Balaban J connectivity index is 4.76. The first-order valence-corrected chi connectivity index (χ1v) is 4.92. The van der Waals surface area contributed by atoms with Crippen LogP contribution in [-0.4, -0.2) is 35.1 Å². The van der Waals surface area contributed by atoms with Crippen molar-refractivity contribution < 1.29 is 14.9 Å². The molecule has 0 radical (unpaired) electrons. The minimum absolute atomic E-state index is 0.318. The molecule has 1 atom stereocenters. The second kappa shape index (κ2) is 7.40. The van der Waals surface area contributed by atoms with E-state index in [0.29, 0.717) is 19.4 Å². The van der Waals surface area contributed by atoms with Gasteiger partial charge in [-0.2, -0.15) is 0 Å². The molecular weight excluding hydrogens is 192 g/mol. The maximum absolute atomic E-state index is 9.75. The Labute approximate surface area is 91.4 Å². The standard InChI is InChI=1S/C12H20O3/c1-4-7-12(8-5-2,11(14)10-13)15-9-6-3/h4-6,11,13-14H,1-3,7-10H2. The van der Waals surface area contributed by atoms with Crippen LogP contribution in [-0.2, 0) is 4.74 Å². The Bertz CT molecular complexity index is 201. The van der Waals surface area contributed by atoms with Crippen molar-refractivity contribution in [2.75, 3.05) is 13.2 Å². The summed E-state index contributed by atoms with van der Waals surface area (Å²) in [7, 11) is 0. The maximum atomic E-state index is 9.75. The van der Waals surface area contributed by atoms with Crippen molar-refractivity contribution in [1.29, 1.82) is 0 Å². The molecule has 0 aliphatic carbocycles. The van der Waals surface area contributed by atoms with E-state index in [9.17, 15) is 5.11 Å². The van der Waals surface area contributed by atoms with Gasteiger partial charge in [-0.3, -0.25) is 0 Å². The highest BCUT2D eigenvalue weighted by molar-refractivity contribution is 4.99. The van der Waals surface area contributed by atoms with E-state index in [1.54, 1.807) is 18.2 Å². The summed E-state index contributed by atoms with van der Waals surface area (Å²) < 4.78 is 5.54. The fourth-order valence-corrected chi connectivity index (χ4v) is 1.45. The van der Waals surface area contributed by atoms with Crippen LogP contribution in [0.4, 0.5) is 0 Å². The largest absolute Gasteiger partial charge is 0.394 e. The minimum Gasteiger partial charge on any atom is -0.394 e. The first kappa shape index (κ1) is 14.1. The normalized spacial score (nSPS) is 13.2. The molecule has 0 saturated carbocycles. The van der Waals surface area contributed by atoms with E-state index in [2.05, 4.69) is 19.7 Å². The molecule has 1 unspecified atom stereocenters. The molecule has 0 bridgehead atoms. The Morgan fingerprint density at radius 2 is 1.67 bits per heavy atom. The highest BCUT2D eigenvalue weighted by Crippen LogP contribution is 2.26. The minimum atomic E-state index is -0.951. The lowest BCUT2D eigenvalue weighted by Crippen LogP contribution is -2.46. The topological polar surface area (TPSA) is 49.7 Å². The number of ether oxygens (including phenoxy) is 1. The summed E-state index contributed by atoms with van der Waals surface area (Å²) in [5, 5.41) is 18.8. The molecule has 0 amide bonds. The van der Waals surface area contributed by atoms with Gasteiger partial charge in [0.2, 0.25) is 0 Å². The van der Waals surface area contributed by atoms with Gasteiger partial charge in [-0.15, -0.1) is 19.7 Å². The second-order valence-electron chi connectivity index (χ2n) is 3.35. The van der Waals surface area contributed by atoms with Crippen LogP contribution in [0.15, 0.2) is 38.0 Å². The van der Waals surface area contributed by atoms with Crippen LogP contribution in [0.3, 0.4) is 0 Å². The molecule has 0 aromatic rings. The molecule has 0 rings (SSSR count). The van der Waals surface area contributed by atoms with E-state index in [4.69, 9.17) is 9.84 Å². The SMILES string of the molecule is C=CCOC(CC=C)(CC=C)C(O)CO. The Hall–Kier alpha value is -0.900. The zero-order chi connectivity index (χ0) is 11.7. The Kier molecular flexibility index (Phi) is 6.96. The molecule has 0 aromatic carbocycles. The first-order chi connectivity index (χ1) is 7.16. The fraction of sp³-hybridized carbons (Fsp3) is 0.500. The van der Waals surface area contributed by atoms with Crippen molar-refractivity contribution in [3.05, 3.63) is 38.0 Å². The lowest BCUT2D eigenvalue weighted by molar-refractivity contribution is -0.126. The summed E-state index contributed by atoms with van der Waals surface area (Å²) in [4.78, 5) is 0. The van der Waals surface area contributed by atoms with Crippen molar-refractivity contribution in [3.8, 4) is 0 Å². The van der Waals surface area contributed by atoms with Gasteiger partial charge in [-0.05, 0) is 12.8 Å². The molecule has 3 nitrogen and oxygen atoms in total. The van der Waals surface area contributed by atoms with Gasteiger partial charge < -0.3 is 14.9 Å². The van der Waals surface area contributed by atoms with Crippen LogP contribution in [0.2, 0.25) is 0 Å². The summed E-state index contributed by atoms with van der Waals surface area (Å²) in [5.41, 5.74) is -0.841. The molecule has 0 saturated heterocycles. The average Bonchev–Trinajstić information content (AvgIpc) is 2.25. The summed E-state index contributed by atoms with van der Waals surface area (Å²) in [6, 6.07) is 0. The van der Waals surface area contributed by atoms with E-state index in [-0.39, 0.29) is 6.61 Å². The van der Waals surface area contributed by atoms with Crippen LogP contribution in [0, 0.1) is 0 Å². The van der Waals surface area contributed by atoms with Crippen molar-refractivity contribution >= 4 is 0 Å². The maximum Gasteiger partial charge on any atom is 0.107 e. The van der Waals surface area contributed by atoms with Gasteiger partial charge in [0.25, 0.3) is 0 Å². The highest BCUT2D eigenvalue weighted by Gasteiger charge is 2.36. The molecule has 0 spiro atoms.